The van der Waals surface area contributed by atoms with Crippen LogP contribution in [-0.2, 0) is 16.1 Å². The molecule has 7 heteroatoms. The van der Waals surface area contributed by atoms with E-state index >= 15 is 0 Å². The third-order valence-electron chi connectivity index (χ3n) is 5.13. The van der Waals surface area contributed by atoms with Crippen LogP contribution in [0.2, 0.25) is 0 Å². The minimum Gasteiger partial charge on any atom is -0.494 e. The van der Waals surface area contributed by atoms with Gasteiger partial charge in [0.2, 0.25) is 0 Å². The number of imide groups is 1. The predicted molar refractivity (Wildman–Crippen MR) is 126 cm³/mol. The molecule has 0 fully saturated rings. The molecule has 168 valence electrons. The maximum absolute atomic E-state index is 13.5. The van der Waals surface area contributed by atoms with Gasteiger partial charge in [0.1, 0.15) is 17.2 Å². The number of nitrogens with zero attached hydrogens (tertiary/aromatic N) is 2. The van der Waals surface area contributed by atoms with Gasteiger partial charge in [-0.25, -0.2) is 0 Å². The molecule has 0 aliphatic carbocycles. The van der Waals surface area contributed by atoms with Crippen LogP contribution < -0.4 is 14.8 Å². The van der Waals surface area contributed by atoms with E-state index in [9.17, 15) is 9.59 Å². The molecule has 0 saturated carbocycles. The van der Waals surface area contributed by atoms with E-state index < -0.39 is 5.91 Å². The Bertz CT molecular complexity index is 1170. The van der Waals surface area contributed by atoms with E-state index in [0.29, 0.717) is 41.5 Å². The summed E-state index contributed by atoms with van der Waals surface area (Å²) in [7, 11) is 0. The Morgan fingerprint density at radius 2 is 1.64 bits per heavy atom. The second-order valence-electron chi connectivity index (χ2n) is 7.32. The highest BCUT2D eigenvalue weighted by molar-refractivity contribution is 6.36. The van der Waals surface area contributed by atoms with Gasteiger partial charge in [0.15, 0.2) is 0 Å². The molecule has 1 aliphatic heterocycles. The van der Waals surface area contributed by atoms with Crippen LogP contribution in [-0.4, -0.2) is 34.9 Å². The fourth-order valence-electron chi connectivity index (χ4n) is 3.65. The lowest BCUT2D eigenvalue weighted by Crippen LogP contribution is -2.32. The summed E-state index contributed by atoms with van der Waals surface area (Å²) in [6.07, 6.45) is 3.30. The Morgan fingerprint density at radius 1 is 0.879 bits per heavy atom. The summed E-state index contributed by atoms with van der Waals surface area (Å²) in [6.45, 7) is 4.94. The number of anilines is 1. The zero-order valence-corrected chi connectivity index (χ0v) is 18.6. The van der Waals surface area contributed by atoms with E-state index in [1.54, 1.807) is 42.7 Å². The Balaban J connectivity index is 1.74. The summed E-state index contributed by atoms with van der Waals surface area (Å²) in [4.78, 5) is 32.2. The fraction of sp³-hybridized carbons (Fsp3) is 0.192. The smallest absolute Gasteiger partial charge is 0.278 e. The van der Waals surface area contributed by atoms with Crippen LogP contribution in [0, 0.1) is 0 Å². The number of rotatable bonds is 9. The first-order valence-corrected chi connectivity index (χ1v) is 10.8. The molecule has 1 N–H and O–H groups in total. The molecule has 2 heterocycles. The number of para-hydroxylation sites is 2. The van der Waals surface area contributed by atoms with Gasteiger partial charge in [0.05, 0.1) is 31.0 Å². The first-order valence-electron chi connectivity index (χ1n) is 10.8. The van der Waals surface area contributed by atoms with Crippen molar-refractivity contribution >= 4 is 23.1 Å². The summed E-state index contributed by atoms with van der Waals surface area (Å²) in [5.41, 5.74) is 2.52. The van der Waals surface area contributed by atoms with Crippen molar-refractivity contribution in [3.05, 3.63) is 89.9 Å². The highest BCUT2D eigenvalue weighted by Gasteiger charge is 2.39. The molecule has 1 aliphatic rings. The molecule has 0 radical (unpaired) electrons. The van der Waals surface area contributed by atoms with Crippen LogP contribution in [0.4, 0.5) is 5.69 Å². The normalized spacial score (nSPS) is 13.5. The average Bonchev–Trinajstić information content (AvgIpc) is 3.06. The van der Waals surface area contributed by atoms with Crippen LogP contribution >= 0.6 is 0 Å². The standard InChI is InChI=1S/C26H25N3O4/c1-3-32-20-13-11-19(12-14-20)23-24(28-21-9-5-6-10-22(21)33-4-2)26(31)29(25(23)30)17-18-8-7-15-27-16-18/h5-16,28H,3-4,17H2,1-2H3. The Kier molecular flexibility index (Phi) is 6.69. The Morgan fingerprint density at radius 3 is 2.33 bits per heavy atom. The summed E-state index contributed by atoms with van der Waals surface area (Å²) in [5.74, 6) is 0.523. The van der Waals surface area contributed by atoms with Crippen molar-refractivity contribution in [2.45, 2.75) is 20.4 Å². The lowest BCUT2D eigenvalue weighted by atomic mass is 10.0. The Hall–Kier alpha value is -4.13. The number of nitrogens with one attached hydrogen (secondary N) is 1. The number of pyridine rings is 1. The van der Waals surface area contributed by atoms with Gasteiger partial charge in [-0.3, -0.25) is 19.5 Å². The van der Waals surface area contributed by atoms with Crippen LogP contribution in [0.15, 0.2) is 78.8 Å². The van der Waals surface area contributed by atoms with Crippen LogP contribution in [0.3, 0.4) is 0 Å². The molecule has 2 aromatic carbocycles. The van der Waals surface area contributed by atoms with E-state index in [1.807, 2.05) is 44.2 Å². The molecule has 0 bridgehead atoms. The fourth-order valence-corrected chi connectivity index (χ4v) is 3.65. The number of hydrogen-bond donors (Lipinski definition) is 1. The molecule has 0 atom stereocenters. The molecule has 1 aromatic heterocycles. The molecule has 33 heavy (non-hydrogen) atoms. The van der Waals surface area contributed by atoms with Crippen molar-refractivity contribution in [1.29, 1.82) is 0 Å². The summed E-state index contributed by atoms with van der Waals surface area (Å²) >= 11 is 0. The SMILES string of the molecule is CCOc1ccc(C2=C(Nc3ccccc3OCC)C(=O)N(Cc3cccnc3)C2=O)cc1. The van der Waals surface area contributed by atoms with Gasteiger partial charge in [-0.05, 0) is 55.3 Å². The maximum atomic E-state index is 13.5. The molecule has 3 aromatic rings. The minimum atomic E-state index is -0.404. The topological polar surface area (TPSA) is 80.8 Å². The molecular formula is C26H25N3O4. The monoisotopic (exact) mass is 443 g/mol. The first-order chi connectivity index (χ1) is 16.1. The predicted octanol–water partition coefficient (Wildman–Crippen LogP) is 4.27. The van der Waals surface area contributed by atoms with Crippen molar-refractivity contribution in [1.82, 2.24) is 9.88 Å². The average molecular weight is 444 g/mol. The largest absolute Gasteiger partial charge is 0.494 e. The maximum Gasteiger partial charge on any atom is 0.278 e. The quantitative estimate of drug-likeness (QED) is 0.498. The highest BCUT2D eigenvalue weighted by atomic mass is 16.5. The zero-order chi connectivity index (χ0) is 23.2. The van der Waals surface area contributed by atoms with Gasteiger partial charge in [0, 0.05) is 12.4 Å². The van der Waals surface area contributed by atoms with Gasteiger partial charge in [-0.15, -0.1) is 0 Å². The molecule has 0 spiro atoms. The van der Waals surface area contributed by atoms with E-state index in [0.717, 1.165) is 5.56 Å². The lowest BCUT2D eigenvalue weighted by molar-refractivity contribution is -0.137. The summed E-state index contributed by atoms with van der Waals surface area (Å²) < 4.78 is 11.2. The van der Waals surface area contributed by atoms with E-state index in [4.69, 9.17) is 9.47 Å². The molecular weight excluding hydrogens is 418 g/mol. The second kappa shape index (κ2) is 9.99. The third-order valence-corrected chi connectivity index (χ3v) is 5.13. The third kappa shape index (κ3) is 4.72. The number of amides is 2. The number of carbonyl (C=O) groups is 2. The number of ether oxygens (including phenoxy) is 2. The van der Waals surface area contributed by atoms with Gasteiger partial charge in [0.25, 0.3) is 11.8 Å². The van der Waals surface area contributed by atoms with Gasteiger partial charge >= 0.3 is 0 Å². The van der Waals surface area contributed by atoms with Crippen molar-refractivity contribution in [3.63, 3.8) is 0 Å². The molecule has 2 amide bonds. The molecule has 0 saturated heterocycles. The molecule has 4 rings (SSSR count). The lowest BCUT2D eigenvalue weighted by Gasteiger charge is -2.16. The minimum absolute atomic E-state index is 0.129. The number of aromatic nitrogens is 1. The van der Waals surface area contributed by atoms with E-state index in [1.165, 1.54) is 4.90 Å². The first kappa shape index (κ1) is 22.1. The highest BCUT2D eigenvalue weighted by Crippen LogP contribution is 2.34. The number of hydrogen-bond acceptors (Lipinski definition) is 6. The van der Waals surface area contributed by atoms with E-state index in [2.05, 4.69) is 10.3 Å². The van der Waals surface area contributed by atoms with Crippen LogP contribution in [0.25, 0.3) is 5.57 Å². The summed E-state index contributed by atoms with van der Waals surface area (Å²) in [5, 5.41) is 3.17. The molecule has 7 nitrogen and oxygen atoms in total. The van der Waals surface area contributed by atoms with Crippen molar-refractivity contribution < 1.29 is 19.1 Å². The van der Waals surface area contributed by atoms with Crippen LogP contribution in [0.1, 0.15) is 25.0 Å². The van der Waals surface area contributed by atoms with Crippen molar-refractivity contribution in [3.8, 4) is 11.5 Å². The zero-order valence-electron chi connectivity index (χ0n) is 18.6. The van der Waals surface area contributed by atoms with Gasteiger partial charge in [-0.2, -0.15) is 0 Å². The summed E-state index contributed by atoms with van der Waals surface area (Å²) in [6, 6.07) is 18.1. The second-order valence-corrected chi connectivity index (χ2v) is 7.32. The van der Waals surface area contributed by atoms with Crippen molar-refractivity contribution in [2.24, 2.45) is 0 Å². The number of benzene rings is 2. The van der Waals surface area contributed by atoms with Gasteiger partial charge in [-0.1, -0.05) is 30.3 Å². The van der Waals surface area contributed by atoms with Crippen LogP contribution in [0.5, 0.6) is 11.5 Å². The Labute approximate surface area is 192 Å². The molecule has 0 unspecified atom stereocenters. The van der Waals surface area contributed by atoms with E-state index in [-0.39, 0.29) is 18.1 Å². The van der Waals surface area contributed by atoms with Gasteiger partial charge < -0.3 is 14.8 Å². The van der Waals surface area contributed by atoms with Crippen molar-refractivity contribution in [2.75, 3.05) is 18.5 Å². The number of carbonyl (C=O) groups excluding carboxylic acids is 2.